The van der Waals surface area contributed by atoms with Gasteiger partial charge < -0.3 is 9.40 Å². The molecule has 0 atom stereocenters. The molecule has 3 aromatic rings. The van der Waals surface area contributed by atoms with Crippen LogP contribution in [-0.4, -0.2) is 10.8 Å². The van der Waals surface area contributed by atoms with Crippen molar-refractivity contribution in [2.75, 3.05) is 0 Å². The maximum Gasteiger partial charge on any atom is 0.198 e. The highest BCUT2D eigenvalue weighted by molar-refractivity contribution is 6.16. The van der Waals surface area contributed by atoms with Crippen molar-refractivity contribution in [3.63, 3.8) is 0 Å². The molecule has 0 aliphatic heterocycles. The van der Waals surface area contributed by atoms with E-state index in [0.29, 0.717) is 22.3 Å². The number of benzene rings is 1. The Kier molecular flexibility index (Phi) is 2.30. The van der Waals surface area contributed by atoms with Crippen LogP contribution in [0.4, 0.5) is 4.39 Å². The minimum Gasteiger partial charge on any atom is -0.469 e. The minimum absolute atomic E-state index is 0.168. The fourth-order valence-electron chi connectivity index (χ4n) is 2.05. The lowest BCUT2D eigenvalue weighted by Crippen LogP contribution is -2.00. The fourth-order valence-corrected chi connectivity index (χ4v) is 2.05. The first-order chi connectivity index (χ1) is 8.66. The molecule has 0 aliphatic carbocycles. The van der Waals surface area contributed by atoms with E-state index in [4.69, 9.17) is 4.42 Å². The predicted molar refractivity (Wildman–Crippen MR) is 65.1 cm³/mol. The lowest BCUT2D eigenvalue weighted by molar-refractivity contribution is 0.103. The number of aryl methyl sites for hydroxylation is 1. The van der Waals surface area contributed by atoms with Crippen molar-refractivity contribution in [2.24, 2.45) is 0 Å². The zero-order valence-electron chi connectivity index (χ0n) is 9.66. The molecule has 0 saturated heterocycles. The lowest BCUT2D eigenvalue weighted by Gasteiger charge is -1.98. The first-order valence-electron chi connectivity index (χ1n) is 5.52. The van der Waals surface area contributed by atoms with E-state index in [1.54, 1.807) is 25.3 Å². The van der Waals surface area contributed by atoms with E-state index >= 15 is 0 Å². The molecule has 0 bridgehead atoms. The van der Waals surface area contributed by atoms with Crippen LogP contribution in [0.1, 0.15) is 21.7 Å². The topological polar surface area (TPSA) is 46.0 Å². The molecule has 3 rings (SSSR count). The maximum absolute atomic E-state index is 13.2. The van der Waals surface area contributed by atoms with Crippen LogP contribution in [0.25, 0.3) is 10.9 Å². The number of hydrogen-bond acceptors (Lipinski definition) is 2. The van der Waals surface area contributed by atoms with Crippen LogP contribution < -0.4 is 0 Å². The number of aromatic amines is 1. The number of carbonyl (C=O) groups is 1. The van der Waals surface area contributed by atoms with E-state index in [2.05, 4.69) is 4.98 Å². The van der Waals surface area contributed by atoms with E-state index in [1.165, 1.54) is 18.4 Å². The van der Waals surface area contributed by atoms with Gasteiger partial charge in [0.05, 0.1) is 11.8 Å². The van der Waals surface area contributed by atoms with E-state index in [1.807, 2.05) is 0 Å². The first-order valence-corrected chi connectivity index (χ1v) is 5.52. The van der Waals surface area contributed by atoms with E-state index in [0.717, 1.165) is 5.52 Å². The highest BCUT2D eigenvalue weighted by atomic mass is 19.1. The molecule has 4 heteroatoms. The SMILES string of the molecule is Cc1occc1C(=O)c1c[nH]c2ccc(F)cc12. The number of rotatable bonds is 2. The Morgan fingerprint density at radius 3 is 2.83 bits per heavy atom. The molecular weight excluding hydrogens is 233 g/mol. The Morgan fingerprint density at radius 1 is 1.28 bits per heavy atom. The summed E-state index contributed by atoms with van der Waals surface area (Å²) in [4.78, 5) is 15.3. The second-order valence-corrected chi connectivity index (χ2v) is 4.11. The van der Waals surface area contributed by atoms with Crippen LogP contribution in [0.15, 0.2) is 41.1 Å². The smallest absolute Gasteiger partial charge is 0.198 e. The molecule has 90 valence electrons. The van der Waals surface area contributed by atoms with Crippen LogP contribution in [0.3, 0.4) is 0 Å². The highest BCUT2D eigenvalue weighted by Crippen LogP contribution is 2.23. The van der Waals surface area contributed by atoms with Crippen molar-refractivity contribution in [3.05, 3.63) is 59.4 Å². The molecule has 1 aromatic carbocycles. The van der Waals surface area contributed by atoms with E-state index in [9.17, 15) is 9.18 Å². The van der Waals surface area contributed by atoms with Gasteiger partial charge in [0.25, 0.3) is 0 Å². The van der Waals surface area contributed by atoms with Gasteiger partial charge in [-0.05, 0) is 31.2 Å². The summed E-state index contributed by atoms with van der Waals surface area (Å²) in [6, 6.07) is 5.95. The summed E-state index contributed by atoms with van der Waals surface area (Å²) in [5, 5.41) is 0.584. The van der Waals surface area contributed by atoms with Crippen molar-refractivity contribution in [1.29, 1.82) is 0 Å². The fraction of sp³-hybridized carbons (Fsp3) is 0.0714. The van der Waals surface area contributed by atoms with Gasteiger partial charge in [-0.2, -0.15) is 0 Å². The Balaban J connectivity index is 2.18. The molecule has 0 saturated carbocycles. The van der Waals surface area contributed by atoms with Crippen molar-refractivity contribution >= 4 is 16.7 Å². The third kappa shape index (κ3) is 1.54. The van der Waals surface area contributed by atoms with Gasteiger partial charge in [-0.15, -0.1) is 0 Å². The summed E-state index contributed by atoms with van der Waals surface area (Å²) in [6.07, 6.45) is 3.07. The van der Waals surface area contributed by atoms with Crippen molar-refractivity contribution in [3.8, 4) is 0 Å². The van der Waals surface area contributed by atoms with Crippen LogP contribution in [0.5, 0.6) is 0 Å². The third-order valence-electron chi connectivity index (χ3n) is 2.99. The van der Waals surface area contributed by atoms with Gasteiger partial charge >= 0.3 is 0 Å². The Hall–Kier alpha value is -2.36. The number of hydrogen-bond donors (Lipinski definition) is 1. The number of halogens is 1. The molecule has 0 aliphatic rings. The van der Waals surface area contributed by atoms with Gasteiger partial charge in [0.2, 0.25) is 0 Å². The number of carbonyl (C=O) groups excluding carboxylic acids is 1. The van der Waals surface area contributed by atoms with Crippen LogP contribution in [0.2, 0.25) is 0 Å². The molecule has 0 amide bonds. The van der Waals surface area contributed by atoms with E-state index in [-0.39, 0.29) is 11.6 Å². The van der Waals surface area contributed by atoms with Crippen molar-refractivity contribution in [1.82, 2.24) is 4.98 Å². The number of aromatic nitrogens is 1. The average molecular weight is 243 g/mol. The molecule has 3 nitrogen and oxygen atoms in total. The lowest BCUT2D eigenvalue weighted by atomic mass is 10.0. The number of furan rings is 1. The van der Waals surface area contributed by atoms with E-state index < -0.39 is 0 Å². The molecule has 2 heterocycles. The van der Waals surface area contributed by atoms with Gasteiger partial charge in [-0.25, -0.2) is 4.39 Å². The third-order valence-corrected chi connectivity index (χ3v) is 2.99. The molecule has 0 unspecified atom stereocenters. The molecular formula is C14H10FNO2. The Labute approximate surface area is 102 Å². The Morgan fingerprint density at radius 2 is 2.11 bits per heavy atom. The molecule has 0 fully saturated rings. The van der Waals surface area contributed by atoms with Crippen LogP contribution >= 0.6 is 0 Å². The number of fused-ring (bicyclic) bond motifs is 1. The molecule has 2 aromatic heterocycles. The monoisotopic (exact) mass is 243 g/mol. The summed E-state index contributed by atoms with van der Waals surface area (Å²) < 4.78 is 18.3. The standard InChI is InChI=1S/C14H10FNO2/c1-8-10(4-5-18-8)14(17)12-7-16-13-3-2-9(15)6-11(12)13/h2-7,16H,1H3. The summed E-state index contributed by atoms with van der Waals surface area (Å²) in [7, 11) is 0. The summed E-state index contributed by atoms with van der Waals surface area (Å²) in [5.74, 6) is 0.0314. The van der Waals surface area contributed by atoms with Gasteiger partial charge in [0, 0.05) is 22.7 Å². The Bertz CT molecular complexity index is 739. The summed E-state index contributed by atoms with van der Waals surface area (Å²) in [5.41, 5.74) is 1.69. The largest absolute Gasteiger partial charge is 0.469 e. The summed E-state index contributed by atoms with van der Waals surface area (Å²) >= 11 is 0. The highest BCUT2D eigenvalue weighted by Gasteiger charge is 2.17. The predicted octanol–water partition coefficient (Wildman–Crippen LogP) is 3.44. The number of H-pyrrole nitrogens is 1. The van der Waals surface area contributed by atoms with Gasteiger partial charge in [-0.3, -0.25) is 4.79 Å². The van der Waals surface area contributed by atoms with Crippen molar-refractivity contribution in [2.45, 2.75) is 6.92 Å². The second-order valence-electron chi connectivity index (χ2n) is 4.11. The van der Waals surface area contributed by atoms with Gasteiger partial charge in [-0.1, -0.05) is 0 Å². The first kappa shape index (κ1) is 10.8. The second kappa shape index (κ2) is 3.84. The summed E-state index contributed by atoms with van der Waals surface area (Å²) in [6.45, 7) is 1.72. The van der Waals surface area contributed by atoms with Crippen molar-refractivity contribution < 1.29 is 13.6 Å². The minimum atomic E-state index is -0.361. The molecule has 18 heavy (non-hydrogen) atoms. The molecule has 1 N–H and O–H groups in total. The molecule has 0 radical (unpaired) electrons. The van der Waals surface area contributed by atoms with Gasteiger partial charge in [0.15, 0.2) is 5.78 Å². The average Bonchev–Trinajstić information content (AvgIpc) is 2.94. The number of nitrogens with one attached hydrogen (secondary N) is 1. The zero-order valence-corrected chi connectivity index (χ0v) is 9.66. The molecule has 0 spiro atoms. The normalized spacial score (nSPS) is 11.0. The number of ketones is 1. The van der Waals surface area contributed by atoms with Gasteiger partial charge in [0.1, 0.15) is 11.6 Å². The van der Waals surface area contributed by atoms with Crippen LogP contribution in [-0.2, 0) is 0 Å². The quantitative estimate of drug-likeness (QED) is 0.701. The zero-order chi connectivity index (χ0) is 12.7. The van der Waals surface area contributed by atoms with Crippen LogP contribution in [0, 0.1) is 12.7 Å². The maximum atomic E-state index is 13.2.